The number of aromatic nitrogens is 3. The molecular weight excluding hydrogens is 405 g/mol. The summed E-state index contributed by atoms with van der Waals surface area (Å²) in [5, 5.41) is 24.6. The van der Waals surface area contributed by atoms with Crippen molar-refractivity contribution in [3.8, 4) is 11.4 Å². The molecule has 0 unspecified atom stereocenters. The zero-order chi connectivity index (χ0) is 21.7. The second-order valence-corrected chi connectivity index (χ2v) is 8.26. The molecule has 10 heteroatoms. The van der Waals surface area contributed by atoms with Crippen LogP contribution in [0.4, 0.5) is 15.9 Å². The number of anilines is 1. The highest BCUT2D eigenvalue weighted by Crippen LogP contribution is 2.46. The number of nitro groups is 1. The van der Waals surface area contributed by atoms with Gasteiger partial charge in [-0.2, -0.15) is 0 Å². The number of aliphatic carboxylic acids is 1. The third kappa shape index (κ3) is 3.18. The van der Waals surface area contributed by atoms with Crippen LogP contribution in [-0.2, 0) is 4.79 Å². The number of para-hydroxylation sites is 1. The minimum Gasteiger partial charge on any atom is -0.481 e. The Labute approximate surface area is 175 Å². The van der Waals surface area contributed by atoms with E-state index in [1.807, 2.05) is 0 Å². The summed E-state index contributed by atoms with van der Waals surface area (Å²) in [7, 11) is 0. The maximum absolute atomic E-state index is 14.6. The van der Waals surface area contributed by atoms with E-state index in [1.54, 1.807) is 18.3 Å². The van der Waals surface area contributed by atoms with Crippen molar-refractivity contribution < 1.29 is 19.2 Å². The number of carbonyl (C=O) groups is 1. The second-order valence-electron chi connectivity index (χ2n) is 8.26. The minimum absolute atomic E-state index is 0.0476. The molecular formula is C21H20FN5O4. The Morgan fingerprint density at radius 3 is 2.71 bits per heavy atom. The van der Waals surface area contributed by atoms with Gasteiger partial charge in [0.2, 0.25) is 0 Å². The molecule has 0 radical (unpaired) electrons. The number of rotatable bonds is 5. The first-order valence-electron chi connectivity index (χ1n) is 10.2. The van der Waals surface area contributed by atoms with Crippen LogP contribution in [0.2, 0.25) is 0 Å². The number of hydrogen-bond donors (Lipinski definition) is 3. The van der Waals surface area contributed by atoms with Gasteiger partial charge in [-0.05, 0) is 37.5 Å². The summed E-state index contributed by atoms with van der Waals surface area (Å²) in [6.45, 7) is 0. The summed E-state index contributed by atoms with van der Waals surface area (Å²) in [5.41, 5.74) is 0.758. The Balaban J connectivity index is 1.52. The lowest BCUT2D eigenvalue weighted by Crippen LogP contribution is -2.51. The molecule has 3 aromatic rings. The van der Waals surface area contributed by atoms with Crippen molar-refractivity contribution in [2.24, 2.45) is 17.8 Å². The highest BCUT2D eigenvalue weighted by molar-refractivity contribution is 5.98. The van der Waals surface area contributed by atoms with E-state index >= 15 is 0 Å². The van der Waals surface area contributed by atoms with E-state index < -0.39 is 28.7 Å². The molecule has 0 aliphatic heterocycles. The van der Waals surface area contributed by atoms with Crippen LogP contribution >= 0.6 is 0 Å². The molecule has 0 spiro atoms. The Hall–Kier alpha value is -3.56. The van der Waals surface area contributed by atoms with Gasteiger partial charge in [-0.15, -0.1) is 0 Å². The monoisotopic (exact) mass is 425 g/mol. The largest absolute Gasteiger partial charge is 0.481 e. The van der Waals surface area contributed by atoms with Gasteiger partial charge in [-0.1, -0.05) is 12.1 Å². The molecule has 2 atom stereocenters. The fourth-order valence-corrected chi connectivity index (χ4v) is 5.24. The molecule has 3 saturated carbocycles. The van der Waals surface area contributed by atoms with Gasteiger partial charge in [-0.25, -0.2) is 14.4 Å². The van der Waals surface area contributed by atoms with E-state index in [2.05, 4.69) is 20.3 Å². The molecule has 6 rings (SSSR count). The molecule has 3 fully saturated rings. The number of carboxylic acids is 1. The van der Waals surface area contributed by atoms with Crippen LogP contribution in [0.25, 0.3) is 22.3 Å². The molecule has 0 saturated heterocycles. The van der Waals surface area contributed by atoms with Gasteiger partial charge in [0.15, 0.2) is 17.5 Å². The number of fused-ring (bicyclic) bond motifs is 4. The predicted octanol–water partition coefficient (Wildman–Crippen LogP) is 3.97. The number of nitrogens with zero attached hydrogens (tertiary/aromatic N) is 3. The molecule has 1 aromatic carbocycles. The van der Waals surface area contributed by atoms with Crippen molar-refractivity contribution in [3.63, 3.8) is 0 Å². The number of hydrogen-bond acceptors (Lipinski definition) is 6. The number of nitrogens with one attached hydrogen (secondary N) is 2. The number of H-pyrrole nitrogens is 1. The second kappa shape index (κ2) is 7.29. The molecule has 0 amide bonds. The summed E-state index contributed by atoms with van der Waals surface area (Å²) in [4.78, 5) is 34.0. The maximum Gasteiger partial charge on any atom is 0.308 e. The van der Waals surface area contributed by atoms with Crippen molar-refractivity contribution in [1.82, 2.24) is 15.0 Å². The normalized spacial score (nSPS) is 24.9. The first kappa shape index (κ1) is 19.4. The standard InChI is InChI=1S/C21H20FN5O4/c22-14-9-24-19(13-8-23-18-12(13)2-1-3-15(18)27(30)31)26-20(14)25-17-11-6-4-10(5-7-11)16(17)21(28)29/h1-3,8-11,16-17,23H,4-7H2,(H,28,29)(H,24,25,26)/t10?,11?,16-,17-/m1/s1. The van der Waals surface area contributed by atoms with Gasteiger partial charge in [0, 0.05) is 29.3 Å². The van der Waals surface area contributed by atoms with Gasteiger partial charge in [0.05, 0.1) is 17.0 Å². The van der Waals surface area contributed by atoms with Crippen LogP contribution in [0.3, 0.4) is 0 Å². The lowest BCUT2D eigenvalue weighted by molar-refractivity contribution is -0.383. The molecule has 3 aliphatic rings. The summed E-state index contributed by atoms with van der Waals surface area (Å²) in [5.74, 6) is -1.73. The first-order valence-corrected chi connectivity index (χ1v) is 10.2. The summed E-state index contributed by atoms with van der Waals surface area (Å²) < 4.78 is 14.6. The number of nitro benzene ring substituents is 1. The zero-order valence-corrected chi connectivity index (χ0v) is 16.4. The average molecular weight is 425 g/mol. The van der Waals surface area contributed by atoms with Crippen LogP contribution in [0.1, 0.15) is 25.7 Å². The fraction of sp³-hybridized carbons (Fsp3) is 0.381. The smallest absolute Gasteiger partial charge is 0.308 e. The van der Waals surface area contributed by atoms with Crippen LogP contribution in [0.5, 0.6) is 0 Å². The van der Waals surface area contributed by atoms with Gasteiger partial charge in [0.1, 0.15) is 5.52 Å². The highest BCUT2D eigenvalue weighted by Gasteiger charge is 2.47. The topological polar surface area (TPSA) is 134 Å². The molecule has 3 aliphatic carbocycles. The van der Waals surface area contributed by atoms with E-state index in [0.29, 0.717) is 16.5 Å². The molecule has 160 valence electrons. The quantitative estimate of drug-likeness (QED) is 0.416. The molecule has 3 N–H and O–H groups in total. The minimum atomic E-state index is -0.870. The van der Waals surface area contributed by atoms with Crippen molar-refractivity contribution in [2.75, 3.05) is 5.32 Å². The molecule has 9 nitrogen and oxygen atoms in total. The summed E-state index contributed by atoms with van der Waals surface area (Å²) >= 11 is 0. The van der Waals surface area contributed by atoms with E-state index in [4.69, 9.17) is 0 Å². The maximum atomic E-state index is 14.6. The number of benzene rings is 1. The summed E-state index contributed by atoms with van der Waals surface area (Å²) in [6.07, 6.45) is 6.18. The SMILES string of the molecule is O=C(O)[C@@H]1C2CCC(CC2)[C@H]1Nc1nc(-c2c[nH]c3c([N+](=O)[O-])cccc23)ncc1F. The Kier molecular flexibility index (Phi) is 4.57. The van der Waals surface area contributed by atoms with Crippen molar-refractivity contribution in [1.29, 1.82) is 0 Å². The Bertz CT molecular complexity index is 1190. The molecule has 2 heterocycles. The van der Waals surface area contributed by atoms with Crippen LogP contribution in [0, 0.1) is 33.7 Å². The van der Waals surface area contributed by atoms with Gasteiger partial charge < -0.3 is 15.4 Å². The highest BCUT2D eigenvalue weighted by atomic mass is 19.1. The van der Waals surface area contributed by atoms with Crippen LogP contribution in [-0.4, -0.2) is 37.0 Å². The Morgan fingerprint density at radius 2 is 2.00 bits per heavy atom. The van der Waals surface area contributed by atoms with Crippen LogP contribution < -0.4 is 5.32 Å². The average Bonchev–Trinajstić information content (AvgIpc) is 3.20. The van der Waals surface area contributed by atoms with Gasteiger partial charge in [0.25, 0.3) is 5.69 Å². The van der Waals surface area contributed by atoms with Crippen LogP contribution in [0.15, 0.2) is 30.6 Å². The lowest BCUT2D eigenvalue weighted by Gasteiger charge is -2.47. The lowest BCUT2D eigenvalue weighted by atomic mass is 9.61. The first-order chi connectivity index (χ1) is 14.9. The molecule has 2 bridgehead atoms. The predicted molar refractivity (Wildman–Crippen MR) is 110 cm³/mol. The van der Waals surface area contributed by atoms with E-state index in [9.17, 15) is 24.4 Å². The summed E-state index contributed by atoms with van der Waals surface area (Å²) in [6, 6.07) is 4.27. The number of halogens is 1. The van der Waals surface area contributed by atoms with E-state index in [1.165, 1.54) is 6.07 Å². The van der Waals surface area contributed by atoms with Gasteiger partial charge in [-0.3, -0.25) is 14.9 Å². The van der Waals surface area contributed by atoms with Crippen molar-refractivity contribution in [2.45, 2.75) is 31.7 Å². The third-order valence-corrected chi connectivity index (χ3v) is 6.68. The third-order valence-electron chi connectivity index (χ3n) is 6.68. The molecule has 2 aromatic heterocycles. The van der Waals surface area contributed by atoms with Crippen molar-refractivity contribution in [3.05, 3.63) is 46.5 Å². The van der Waals surface area contributed by atoms with E-state index in [-0.39, 0.29) is 29.2 Å². The van der Waals surface area contributed by atoms with Crippen molar-refractivity contribution >= 4 is 28.4 Å². The number of carboxylic acid groups (broad SMARTS) is 1. The van der Waals surface area contributed by atoms with E-state index in [0.717, 1.165) is 31.9 Å². The van der Waals surface area contributed by atoms with Gasteiger partial charge >= 0.3 is 5.97 Å². The number of non-ortho nitro benzene ring substituents is 1. The zero-order valence-electron chi connectivity index (χ0n) is 16.4. The molecule has 31 heavy (non-hydrogen) atoms. The number of aromatic amines is 1. The fourth-order valence-electron chi connectivity index (χ4n) is 5.24. The Morgan fingerprint density at radius 1 is 1.26 bits per heavy atom.